The fraction of sp³-hybridized carbons (Fsp3) is 0.357. The van der Waals surface area contributed by atoms with Gasteiger partial charge in [0, 0.05) is 18.1 Å². The number of hydrogen-bond donors (Lipinski definition) is 1. The fourth-order valence-corrected chi connectivity index (χ4v) is 2.96. The topological polar surface area (TPSA) is 58.1 Å². The van der Waals surface area contributed by atoms with E-state index in [4.69, 9.17) is 0 Å². The van der Waals surface area contributed by atoms with Crippen LogP contribution >= 0.6 is 11.3 Å². The molecule has 104 valence electrons. The van der Waals surface area contributed by atoms with E-state index in [0.717, 1.165) is 25.3 Å². The monoisotopic (exact) mass is 288 g/mol. The Labute approximate surface area is 121 Å². The zero-order chi connectivity index (χ0) is 13.8. The summed E-state index contributed by atoms with van der Waals surface area (Å²) in [5, 5.41) is 5.43. The van der Waals surface area contributed by atoms with Gasteiger partial charge in [-0.1, -0.05) is 6.07 Å². The predicted octanol–water partition coefficient (Wildman–Crippen LogP) is 2.39. The van der Waals surface area contributed by atoms with Crippen LogP contribution in [0.5, 0.6) is 0 Å². The molecular weight excluding hydrogens is 272 g/mol. The second kappa shape index (κ2) is 6.11. The van der Waals surface area contributed by atoms with Crippen LogP contribution < -0.4 is 5.32 Å². The highest BCUT2D eigenvalue weighted by atomic mass is 32.1. The van der Waals surface area contributed by atoms with E-state index in [1.54, 1.807) is 24.4 Å². The number of rotatable bonds is 4. The lowest BCUT2D eigenvalue weighted by atomic mass is 10.3. The summed E-state index contributed by atoms with van der Waals surface area (Å²) in [5.74, 6) is -0.215. The third-order valence-electron chi connectivity index (χ3n) is 3.25. The lowest BCUT2D eigenvalue weighted by molar-refractivity contribution is 0.102. The Hall–Kier alpha value is -1.79. The second-order valence-electron chi connectivity index (χ2n) is 4.80. The zero-order valence-corrected chi connectivity index (χ0v) is 11.9. The molecular formula is C14H16N4OS. The molecule has 1 saturated heterocycles. The molecule has 20 heavy (non-hydrogen) atoms. The lowest BCUT2D eigenvalue weighted by Gasteiger charge is -2.11. The number of nitrogens with zero attached hydrogens (tertiary/aromatic N) is 3. The number of aromatic nitrogens is 2. The van der Waals surface area contributed by atoms with Gasteiger partial charge in [-0.2, -0.15) is 0 Å². The normalized spacial score (nSPS) is 15.4. The van der Waals surface area contributed by atoms with Crippen LogP contribution in [0.1, 0.15) is 29.0 Å². The van der Waals surface area contributed by atoms with Crippen LogP contribution in [0.15, 0.2) is 29.8 Å². The van der Waals surface area contributed by atoms with E-state index in [9.17, 15) is 4.79 Å². The summed E-state index contributed by atoms with van der Waals surface area (Å²) in [4.78, 5) is 22.8. The van der Waals surface area contributed by atoms with Crippen molar-refractivity contribution in [2.75, 3.05) is 18.4 Å². The van der Waals surface area contributed by atoms with Gasteiger partial charge in [0.05, 0.1) is 5.69 Å². The minimum atomic E-state index is -0.215. The predicted molar refractivity (Wildman–Crippen MR) is 78.8 cm³/mol. The number of likely N-dealkylation sites (tertiary alicyclic amines) is 1. The molecule has 0 unspecified atom stereocenters. The van der Waals surface area contributed by atoms with Gasteiger partial charge in [-0.25, -0.2) is 4.98 Å². The number of nitrogens with one attached hydrogen (secondary N) is 1. The number of thiazole rings is 1. The summed E-state index contributed by atoms with van der Waals surface area (Å²) in [6, 6.07) is 5.27. The molecule has 2 aromatic heterocycles. The summed E-state index contributed by atoms with van der Waals surface area (Å²) < 4.78 is 0. The molecule has 0 saturated carbocycles. The van der Waals surface area contributed by atoms with Gasteiger partial charge in [-0.15, -0.1) is 11.3 Å². The van der Waals surface area contributed by atoms with E-state index in [1.807, 2.05) is 5.38 Å². The Balaban J connectivity index is 1.60. The van der Waals surface area contributed by atoms with Gasteiger partial charge in [-0.3, -0.25) is 20.0 Å². The number of pyridine rings is 1. The molecule has 1 aliphatic heterocycles. The van der Waals surface area contributed by atoms with E-state index in [0.29, 0.717) is 10.8 Å². The number of carbonyl (C=O) groups excluding carboxylic acids is 1. The molecule has 0 aliphatic carbocycles. The number of amides is 1. The largest absolute Gasteiger partial charge is 0.297 e. The summed E-state index contributed by atoms with van der Waals surface area (Å²) in [7, 11) is 0. The Morgan fingerprint density at radius 3 is 2.95 bits per heavy atom. The van der Waals surface area contributed by atoms with E-state index in [2.05, 4.69) is 20.2 Å². The van der Waals surface area contributed by atoms with Gasteiger partial charge in [0.25, 0.3) is 5.91 Å². The fourth-order valence-electron chi connectivity index (χ4n) is 2.27. The van der Waals surface area contributed by atoms with E-state index in [1.165, 1.54) is 24.2 Å². The average molecular weight is 288 g/mol. The van der Waals surface area contributed by atoms with Crippen LogP contribution in [-0.2, 0) is 6.54 Å². The number of hydrogen-bond acceptors (Lipinski definition) is 5. The zero-order valence-electron chi connectivity index (χ0n) is 11.1. The van der Waals surface area contributed by atoms with Crippen molar-refractivity contribution in [1.82, 2.24) is 14.9 Å². The van der Waals surface area contributed by atoms with Gasteiger partial charge < -0.3 is 0 Å². The van der Waals surface area contributed by atoms with Crippen molar-refractivity contribution in [3.8, 4) is 0 Å². The van der Waals surface area contributed by atoms with Crippen molar-refractivity contribution in [3.63, 3.8) is 0 Å². The van der Waals surface area contributed by atoms with Gasteiger partial charge >= 0.3 is 0 Å². The van der Waals surface area contributed by atoms with Crippen molar-refractivity contribution in [2.45, 2.75) is 19.4 Å². The van der Waals surface area contributed by atoms with Crippen LogP contribution in [0.3, 0.4) is 0 Å². The van der Waals surface area contributed by atoms with Crippen molar-refractivity contribution in [2.24, 2.45) is 0 Å². The molecule has 5 nitrogen and oxygen atoms in total. The van der Waals surface area contributed by atoms with Crippen LogP contribution in [-0.4, -0.2) is 33.9 Å². The third kappa shape index (κ3) is 3.20. The summed E-state index contributed by atoms with van der Waals surface area (Å²) in [5.41, 5.74) is 1.43. The van der Waals surface area contributed by atoms with Gasteiger partial charge in [-0.05, 0) is 38.1 Å². The van der Waals surface area contributed by atoms with Crippen molar-refractivity contribution in [1.29, 1.82) is 0 Å². The van der Waals surface area contributed by atoms with E-state index >= 15 is 0 Å². The maximum Gasteiger partial charge on any atom is 0.276 e. The molecule has 3 heterocycles. The molecule has 1 aliphatic rings. The van der Waals surface area contributed by atoms with E-state index in [-0.39, 0.29) is 5.91 Å². The lowest BCUT2D eigenvalue weighted by Crippen LogP contribution is -2.18. The molecule has 0 bridgehead atoms. The second-order valence-corrected chi connectivity index (χ2v) is 5.65. The molecule has 1 amide bonds. The smallest absolute Gasteiger partial charge is 0.276 e. The number of anilines is 1. The highest BCUT2D eigenvalue weighted by Crippen LogP contribution is 2.19. The molecule has 1 fully saturated rings. The Morgan fingerprint density at radius 1 is 1.35 bits per heavy atom. The van der Waals surface area contributed by atoms with Crippen LogP contribution in [0.2, 0.25) is 0 Å². The molecule has 0 atom stereocenters. The Bertz CT molecular complexity index is 578. The molecule has 1 N–H and O–H groups in total. The van der Waals surface area contributed by atoms with Gasteiger partial charge in [0.15, 0.2) is 5.13 Å². The van der Waals surface area contributed by atoms with Gasteiger partial charge in [0.1, 0.15) is 5.69 Å². The minimum Gasteiger partial charge on any atom is -0.297 e. The maximum absolute atomic E-state index is 12.0. The molecule has 6 heteroatoms. The van der Waals surface area contributed by atoms with Crippen LogP contribution in [0.4, 0.5) is 5.13 Å². The standard InChI is InChI=1S/C14H16N4OS/c19-13(12-5-1-2-6-15-12)17-14-16-11(10-20-14)9-18-7-3-4-8-18/h1-2,5-6,10H,3-4,7-9H2,(H,16,17,19). The summed E-state index contributed by atoms with van der Waals surface area (Å²) in [6.07, 6.45) is 4.15. The summed E-state index contributed by atoms with van der Waals surface area (Å²) in [6.45, 7) is 3.16. The van der Waals surface area contributed by atoms with Crippen LogP contribution in [0, 0.1) is 0 Å². The molecule has 0 radical (unpaired) electrons. The number of carbonyl (C=O) groups is 1. The third-order valence-corrected chi connectivity index (χ3v) is 4.06. The average Bonchev–Trinajstić information content (AvgIpc) is 3.12. The van der Waals surface area contributed by atoms with Crippen LogP contribution in [0.25, 0.3) is 0 Å². The quantitative estimate of drug-likeness (QED) is 0.938. The Kier molecular flexibility index (Phi) is 4.03. The van der Waals surface area contributed by atoms with E-state index < -0.39 is 0 Å². The SMILES string of the molecule is O=C(Nc1nc(CN2CCCC2)cs1)c1ccccn1. The highest BCUT2D eigenvalue weighted by Gasteiger charge is 2.14. The molecule has 3 rings (SSSR count). The summed E-state index contributed by atoms with van der Waals surface area (Å²) >= 11 is 1.46. The first kappa shape index (κ1) is 13.2. The minimum absolute atomic E-state index is 0.215. The molecule has 0 aromatic carbocycles. The van der Waals surface area contributed by atoms with Gasteiger partial charge in [0.2, 0.25) is 0 Å². The first-order valence-corrected chi connectivity index (χ1v) is 7.58. The first-order valence-electron chi connectivity index (χ1n) is 6.70. The van der Waals surface area contributed by atoms with Crippen molar-refractivity contribution < 1.29 is 4.79 Å². The molecule has 0 spiro atoms. The molecule has 2 aromatic rings. The Morgan fingerprint density at radius 2 is 2.20 bits per heavy atom. The van der Waals surface area contributed by atoms with Crippen molar-refractivity contribution >= 4 is 22.4 Å². The maximum atomic E-state index is 12.0. The first-order chi connectivity index (χ1) is 9.81. The highest BCUT2D eigenvalue weighted by molar-refractivity contribution is 7.13. The van der Waals surface area contributed by atoms with Crippen molar-refractivity contribution in [3.05, 3.63) is 41.2 Å².